The molecule has 0 unspecified atom stereocenters. The third-order valence-corrected chi connectivity index (χ3v) is 2.71. The molecule has 0 radical (unpaired) electrons. The van der Waals surface area contributed by atoms with Crippen LogP contribution in [0.2, 0.25) is 0 Å². The van der Waals surface area contributed by atoms with Gasteiger partial charge in [0.05, 0.1) is 20.6 Å². The van der Waals surface area contributed by atoms with Gasteiger partial charge in [-0.15, -0.1) is 24.0 Å². The van der Waals surface area contributed by atoms with Crippen molar-refractivity contribution in [3.05, 3.63) is 29.8 Å². The lowest BCUT2D eigenvalue weighted by atomic mass is 10.2. The molecule has 1 rings (SSSR count). The van der Waals surface area contributed by atoms with Gasteiger partial charge in [0.25, 0.3) is 0 Å². The summed E-state index contributed by atoms with van der Waals surface area (Å²) in [5.41, 5.74) is 1.03. The van der Waals surface area contributed by atoms with E-state index in [1.165, 1.54) is 7.11 Å². The molecule has 0 atom stereocenters. The van der Waals surface area contributed by atoms with Crippen LogP contribution in [0.3, 0.4) is 0 Å². The van der Waals surface area contributed by atoms with E-state index < -0.39 is 0 Å². The first-order valence-corrected chi connectivity index (χ1v) is 6.34. The zero-order chi connectivity index (χ0) is 14.8. The number of guanidine groups is 1. The number of halogens is 1. The van der Waals surface area contributed by atoms with Gasteiger partial charge < -0.3 is 20.1 Å². The van der Waals surface area contributed by atoms with Gasteiger partial charge >= 0.3 is 5.97 Å². The van der Waals surface area contributed by atoms with Gasteiger partial charge in [0.15, 0.2) is 5.96 Å². The third kappa shape index (κ3) is 7.16. The second-order valence-electron chi connectivity index (χ2n) is 3.99. The molecule has 0 amide bonds. The van der Waals surface area contributed by atoms with Crippen LogP contribution in [0.1, 0.15) is 12.0 Å². The van der Waals surface area contributed by atoms with Crippen molar-refractivity contribution >= 4 is 35.9 Å². The molecule has 1 aromatic rings. The molecule has 0 saturated heterocycles. The summed E-state index contributed by atoms with van der Waals surface area (Å²) in [6.07, 6.45) is 0.297. The first kappa shape index (κ1) is 19.5. The molecule has 6 nitrogen and oxygen atoms in total. The number of hydrogen-bond acceptors (Lipinski definition) is 4. The van der Waals surface area contributed by atoms with Crippen LogP contribution in [0.15, 0.2) is 29.3 Å². The number of carbonyl (C=O) groups excluding carboxylic acids is 1. The van der Waals surface area contributed by atoms with Crippen molar-refractivity contribution in [1.29, 1.82) is 0 Å². The maximum absolute atomic E-state index is 11.0. The molecule has 0 spiro atoms. The largest absolute Gasteiger partial charge is 0.496 e. The predicted molar refractivity (Wildman–Crippen MR) is 93.2 cm³/mol. The van der Waals surface area contributed by atoms with Gasteiger partial charge in [-0.05, 0) is 6.07 Å². The number of ether oxygens (including phenoxy) is 2. The number of hydrogen-bond donors (Lipinski definition) is 2. The van der Waals surface area contributed by atoms with Crippen molar-refractivity contribution in [1.82, 2.24) is 10.6 Å². The molecule has 0 heterocycles. The van der Waals surface area contributed by atoms with Crippen LogP contribution >= 0.6 is 24.0 Å². The van der Waals surface area contributed by atoms with Crippen LogP contribution in [0.4, 0.5) is 0 Å². The summed E-state index contributed by atoms with van der Waals surface area (Å²) in [7, 11) is 4.69. The number of rotatable bonds is 6. The van der Waals surface area contributed by atoms with Crippen LogP contribution in [0.5, 0.6) is 5.75 Å². The van der Waals surface area contributed by atoms with Gasteiger partial charge in [0.1, 0.15) is 5.75 Å². The Morgan fingerprint density at radius 2 is 1.95 bits per heavy atom. The molecule has 0 fully saturated rings. The van der Waals surface area contributed by atoms with Crippen LogP contribution < -0.4 is 15.4 Å². The summed E-state index contributed by atoms with van der Waals surface area (Å²) >= 11 is 0. The molecule has 21 heavy (non-hydrogen) atoms. The lowest BCUT2D eigenvalue weighted by Gasteiger charge is -2.13. The summed E-state index contributed by atoms with van der Waals surface area (Å²) in [6, 6.07) is 7.76. The number of methoxy groups -OCH3 is 2. The fourth-order valence-electron chi connectivity index (χ4n) is 1.63. The Morgan fingerprint density at radius 1 is 1.24 bits per heavy atom. The zero-order valence-electron chi connectivity index (χ0n) is 12.5. The highest BCUT2D eigenvalue weighted by molar-refractivity contribution is 14.0. The van der Waals surface area contributed by atoms with Crippen molar-refractivity contribution in [2.75, 3.05) is 27.8 Å². The van der Waals surface area contributed by atoms with Crippen LogP contribution in [-0.4, -0.2) is 39.7 Å². The molecule has 1 aromatic carbocycles. The third-order valence-electron chi connectivity index (χ3n) is 2.71. The van der Waals surface area contributed by atoms with Gasteiger partial charge in [0, 0.05) is 25.7 Å². The zero-order valence-corrected chi connectivity index (χ0v) is 14.8. The summed E-state index contributed by atoms with van der Waals surface area (Å²) in [5.74, 6) is 1.20. The molecule has 0 aliphatic carbocycles. The lowest BCUT2D eigenvalue weighted by Crippen LogP contribution is -2.38. The molecular formula is C14H22IN3O3. The Balaban J connectivity index is 0.00000400. The Bertz CT molecular complexity index is 467. The van der Waals surface area contributed by atoms with E-state index in [1.54, 1.807) is 14.2 Å². The standard InChI is InChI=1S/C14H21N3O3.HI/c1-15-14(16-9-8-13(18)20-3)17-10-11-6-4-5-7-12(11)19-2;/h4-7H,8-10H2,1-3H3,(H2,15,16,17);1H. The average molecular weight is 407 g/mol. The Hall–Kier alpha value is -1.51. The smallest absolute Gasteiger partial charge is 0.307 e. The number of nitrogens with zero attached hydrogens (tertiary/aromatic N) is 1. The molecule has 0 bridgehead atoms. The van der Waals surface area contributed by atoms with Gasteiger partial charge in [-0.25, -0.2) is 0 Å². The summed E-state index contributed by atoms with van der Waals surface area (Å²) in [4.78, 5) is 15.1. The van der Waals surface area contributed by atoms with Gasteiger partial charge in [-0.2, -0.15) is 0 Å². The monoisotopic (exact) mass is 407 g/mol. The van der Waals surface area contributed by atoms with Gasteiger partial charge in [0.2, 0.25) is 0 Å². The van der Waals surface area contributed by atoms with Gasteiger partial charge in [-0.1, -0.05) is 18.2 Å². The first-order valence-electron chi connectivity index (χ1n) is 6.34. The lowest BCUT2D eigenvalue weighted by molar-refractivity contribution is -0.140. The van der Waals surface area contributed by atoms with E-state index >= 15 is 0 Å². The van der Waals surface area contributed by atoms with E-state index in [-0.39, 0.29) is 29.9 Å². The fourth-order valence-corrected chi connectivity index (χ4v) is 1.63. The summed E-state index contributed by atoms with van der Waals surface area (Å²) in [6.45, 7) is 1.06. The molecule has 118 valence electrons. The molecule has 2 N–H and O–H groups in total. The quantitative estimate of drug-likeness (QED) is 0.324. The van der Waals surface area contributed by atoms with Crippen molar-refractivity contribution in [3.63, 3.8) is 0 Å². The van der Waals surface area contributed by atoms with Crippen molar-refractivity contribution in [2.45, 2.75) is 13.0 Å². The highest BCUT2D eigenvalue weighted by Gasteiger charge is 2.04. The molecule has 0 aromatic heterocycles. The molecule has 0 aliphatic heterocycles. The van der Waals surface area contributed by atoms with E-state index in [2.05, 4.69) is 20.4 Å². The molecular weight excluding hydrogens is 385 g/mol. The van der Waals surface area contributed by atoms with Crippen LogP contribution in [0, 0.1) is 0 Å². The average Bonchev–Trinajstić information content (AvgIpc) is 2.50. The molecule has 0 aliphatic rings. The van der Waals surface area contributed by atoms with E-state index in [4.69, 9.17) is 4.74 Å². The Morgan fingerprint density at radius 3 is 2.57 bits per heavy atom. The topological polar surface area (TPSA) is 72.0 Å². The van der Waals surface area contributed by atoms with E-state index in [1.807, 2.05) is 24.3 Å². The Kier molecular flexibility index (Phi) is 10.4. The molecule has 7 heteroatoms. The van der Waals surface area contributed by atoms with E-state index in [0.717, 1.165) is 11.3 Å². The van der Waals surface area contributed by atoms with Crippen molar-refractivity contribution < 1.29 is 14.3 Å². The number of aliphatic imine (C=N–C) groups is 1. The minimum Gasteiger partial charge on any atom is -0.496 e. The second kappa shape index (κ2) is 11.2. The first-order chi connectivity index (χ1) is 9.71. The SMILES string of the molecule is CN=C(NCCC(=O)OC)NCc1ccccc1OC.I. The maximum atomic E-state index is 11.0. The van der Waals surface area contributed by atoms with Crippen LogP contribution in [-0.2, 0) is 16.1 Å². The predicted octanol–water partition coefficient (Wildman–Crippen LogP) is 1.54. The minimum atomic E-state index is -0.252. The number of esters is 1. The highest BCUT2D eigenvalue weighted by Crippen LogP contribution is 2.16. The number of nitrogens with one attached hydrogen (secondary N) is 2. The highest BCUT2D eigenvalue weighted by atomic mass is 127. The Labute approximate surface area is 142 Å². The minimum absolute atomic E-state index is 0. The normalized spacial score (nSPS) is 10.3. The number of carbonyl (C=O) groups is 1. The van der Waals surface area contributed by atoms with Crippen LogP contribution in [0.25, 0.3) is 0 Å². The molecule has 0 saturated carbocycles. The second-order valence-corrected chi connectivity index (χ2v) is 3.99. The van der Waals surface area contributed by atoms with Crippen molar-refractivity contribution in [2.24, 2.45) is 4.99 Å². The maximum Gasteiger partial charge on any atom is 0.307 e. The number of para-hydroxylation sites is 1. The summed E-state index contributed by atoms with van der Waals surface area (Å²) in [5, 5.41) is 6.20. The van der Waals surface area contributed by atoms with E-state index in [9.17, 15) is 4.79 Å². The number of benzene rings is 1. The van der Waals surface area contributed by atoms with E-state index in [0.29, 0.717) is 25.5 Å². The van der Waals surface area contributed by atoms with Gasteiger partial charge in [-0.3, -0.25) is 9.79 Å². The fraction of sp³-hybridized carbons (Fsp3) is 0.429. The van der Waals surface area contributed by atoms with Crippen molar-refractivity contribution in [3.8, 4) is 5.75 Å². The summed E-state index contributed by atoms with van der Waals surface area (Å²) < 4.78 is 9.85.